The van der Waals surface area contributed by atoms with Crippen LogP contribution >= 0.6 is 0 Å². The maximum absolute atomic E-state index is 7.09. The Morgan fingerprint density at radius 2 is 1.00 bits per heavy atom. The van der Waals surface area contributed by atoms with Crippen LogP contribution in [0.2, 0.25) is 0 Å². The topological polar surface area (TPSA) is 18.1 Å². The molecule has 13 rings (SSSR count). The Morgan fingerprint density at radius 1 is 0.382 bits per heavy atom. The molecule has 0 saturated heterocycles. The molecular weight excluding hydrogens is 667 g/mol. The Morgan fingerprint density at radius 3 is 1.82 bits per heavy atom. The fourth-order valence-corrected chi connectivity index (χ4v) is 10.6. The third kappa shape index (κ3) is 3.55. The molecule has 2 heterocycles. The molecule has 0 aliphatic heterocycles. The molecule has 0 atom stereocenters. The van der Waals surface area contributed by atoms with Crippen molar-refractivity contribution >= 4 is 54.5 Å². The minimum atomic E-state index is -0.548. The number of furan rings is 1. The summed E-state index contributed by atoms with van der Waals surface area (Å²) in [5.41, 5.74) is 17.6. The highest BCUT2D eigenvalue weighted by molar-refractivity contribution is 6.27. The molecule has 0 bridgehead atoms. The van der Waals surface area contributed by atoms with Crippen molar-refractivity contribution in [2.45, 2.75) is 5.41 Å². The zero-order chi connectivity index (χ0) is 35.8. The Kier molecular flexibility index (Phi) is 5.59. The van der Waals surface area contributed by atoms with Gasteiger partial charge in [0.25, 0.3) is 0 Å². The highest BCUT2D eigenvalue weighted by Gasteiger charge is 2.53. The molecular formula is C53H31NO. The Hall–Kier alpha value is -7.16. The molecule has 2 heteroatoms. The molecule has 0 radical (unpaired) electrons. The molecule has 2 aliphatic rings. The summed E-state index contributed by atoms with van der Waals surface area (Å²) in [7, 11) is 0. The molecule has 2 aromatic heterocycles. The van der Waals surface area contributed by atoms with E-state index in [-0.39, 0.29) is 0 Å². The van der Waals surface area contributed by atoms with E-state index in [1.54, 1.807) is 0 Å². The normalized spacial score (nSPS) is 13.6. The van der Waals surface area contributed by atoms with Crippen LogP contribution in [0, 0.1) is 0 Å². The fraction of sp³-hybridized carbons (Fsp3) is 0.0189. The van der Waals surface area contributed by atoms with E-state index >= 15 is 0 Å². The van der Waals surface area contributed by atoms with Gasteiger partial charge in [0.1, 0.15) is 11.2 Å². The van der Waals surface area contributed by atoms with Gasteiger partial charge in [-0.15, -0.1) is 0 Å². The van der Waals surface area contributed by atoms with Crippen molar-refractivity contribution in [3.63, 3.8) is 0 Å². The largest absolute Gasteiger partial charge is 0.455 e. The standard InChI is InChI=1S/C53H31NO/c1-2-17-33(18-3-1)54-45-27-12-8-22-38(45)48-46(54)30-29-43-50(48)51-44(53(43)41-25-10-6-20-36(41)37-21-7-11-26-42(37)53)31-40(35-24-14-16-32-15-4-5-19-34(32)35)52-49(51)39-23-9-13-28-47(39)55-52/h1-31H. The maximum Gasteiger partial charge on any atom is 0.143 e. The predicted octanol–water partition coefficient (Wildman–Crippen LogP) is 13.8. The van der Waals surface area contributed by atoms with Crippen LogP contribution in [0.15, 0.2) is 192 Å². The van der Waals surface area contributed by atoms with Crippen molar-refractivity contribution in [3.05, 3.63) is 210 Å². The zero-order valence-corrected chi connectivity index (χ0v) is 29.8. The number of benzene rings is 9. The molecule has 254 valence electrons. The third-order valence-corrected chi connectivity index (χ3v) is 12.6. The van der Waals surface area contributed by atoms with E-state index in [9.17, 15) is 0 Å². The average molecular weight is 698 g/mol. The number of fused-ring (bicyclic) bond motifs is 19. The van der Waals surface area contributed by atoms with Crippen molar-refractivity contribution in [1.29, 1.82) is 0 Å². The van der Waals surface area contributed by atoms with Crippen LogP contribution in [-0.2, 0) is 5.41 Å². The van der Waals surface area contributed by atoms with E-state index in [1.807, 2.05) is 0 Å². The fourth-order valence-electron chi connectivity index (χ4n) is 10.6. The van der Waals surface area contributed by atoms with Gasteiger partial charge in [0.15, 0.2) is 0 Å². The third-order valence-electron chi connectivity index (χ3n) is 12.6. The Balaban J connectivity index is 1.31. The molecule has 2 aliphatic carbocycles. The van der Waals surface area contributed by atoms with Gasteiger partial charge >= 0.3 is 0 Å². The lowest BCUT2D eigenvalue weighted by Gasteiger charge is -2.31. The number of rotatable bonds is 2. The monoisotopic (exact) mass is 697 g/mol. The van der Waals surface area contributed by atoms with Gasteiger partial charge in [0.2, 0.25) is 0 Å². The van der Waals surface area contributed by atoms with Crippen LogP contribution < -0.4 is 0 Å². The summed E-state index contributed by atoms with van der Waals surface area (Å²) < 4.78 is 9.53. The summed E-state index contributed by atoms with van der Waals surface area (Å²) in [6.45, 7) is 0. The number of nitrogens with zero attached hydrogens (tertiary/aromatic N) is 1. The summed E-state index contributed by atoms with van der Waals surface area (Å²) in [5.74, 6) is 0. The van der Waals surface area contributed by atoms with Crippen LogP contribution in [0.4, 0.5) is 0 Å². The molecule has 2 nitrogen and oxygen atoms in total. The average Bonchev–Trinajstić information content (AvgIpc) is 3.97. The van der Waals surface area contributed by atoms with Gasteiger partial charge < -0.3 is 8.98 Å². The van der Waals surface area contributed by atoms with Crippen LogP contribution in [0.3, 0.4) is 0 Å². The van der Waals surface area contributed by atoms with Crippen LogP contribution in [-0.4, -0.2) is 4.57 Å². The lowest BCUT2D eigenvalue weighted by atomic mass is 9.70. The number of hydrogen-bond acceptors (Lipinski definition) is 1. The number of hydrogen-bond donors (Lipinski definition) is 0. The summed E-state index contributed by atoms with van der Waals surface area (Å²) in [6.07, 6.45) is 0. The van der Waals surface area contributed by atoms with E-state index in [2.05, 4.69) is 193 Å². The molecule has 0 amide bonds. The summed E-state index contributed by atoms with van der Waals surface area (Å²) in [5, 5.41) is 7.29. The van der Waals surface area contributed by atoms with Crippen LogP contribution in [0.25, 0.3) is 93.6 Å². The van der Waals surface area contributed by atoms with Gasteiger partial charge in [-0.1, -0.05) is 152 Å². The van der Waals surface area contributed by atoms with E-state index < -0.39 is 5.41 Å². The van der Waals surface area contributed by atoms with Crippen molar-refractivity contribution in [1.82, 2.24) is 4.57 Å². The maximum atomic E-state index is 7.09. The van der Waals surface area contributed by atoms with Gasteiger partial charge in [0, 0.05) is 32.8 Å². The number of para-hydroxylation sites is 3. The van der Waals surface area contributed by atoms with E-state index in [0.717, 1.165) is 27.8 Å². The van der Waals surface area contributed by atoms with Gasteiger partial charge in [-0.2, -0.15) is 0 Å². The van der Waals surface area contributed by atoms with Gasteiger partial charge in [-0.25, -0.2) is 0 Å². The van der Waals surface area contributed by atoms with E-state index in [4.69, 9.17) is 4.42 Å². The van der Waals surface area contributed by atoms with Crippen LogP contribution in [0.5, 0.6) is 0 Å². The molecule has 0 unspecified atom stereocenters. The smallest absolute Gasteiger partial charge is 0.143 e. The molecule has 1 spiro atoms. The van der Waals surface area contributed by atoms with Crippen molar-refractivity contribution in [2.75, 3.05) is 0 Å². The van der Waals surface area contributed by atoms with Gasteiger partial charge in [-0.05, 0) is 97.2 Å². The first-order chi connectivity index (χ1) is 27.3. The van der Waals surface area contributed by atoms with E-state index in [0.29, 0.717) is 0 Å². The molecule has 0 N–H and O–H groups in total. The Labute approximate surface area is 317 Å². The van der Waals surface area contributed by atoms with Crippen molar-refractivity contribution in [3.8, 4) is 39.1 Å². The van der Waals surface area contributed by atoms with Crippen molar-refractivity contribution in [2.24, 2.45) is 0 Å². The minimum absolute atomic E-state index is 0.548. The molecule has 0 saturated carbocycles. The minimum Gasteiger partial charge on any atom is -0.455 e. The van der Waals surface area contributed by atoms with E-state index in [1.165, 1.54) is 88.0 Å². The summed E-state index contributed by atoms with van der Waals surface area (Å²) in [6, 6.07) is 69.3. The first kappa shape index (κ1) is 29.3. The molecule has 55 heavy (non-hydrogen) atoms. The SMILES string of the molecule is c1ccc(-n2c3ccccc3c3c4c(ccc32)C2(c3ccccc3-c3ccccc32)c2cc(-c3cccc5ccccc35)c3oc5ccccc5c3c2-4)cc1. The molecule has 9 aromatic carbocycles. The van der Waals surface area contributed by atoms with Crippen molar-refractivity contribution < 1.29 is 4.42 Å². The molecule has 0 fully saturated rings. The number of aromatic nitrogens is 1. The van der Waals surface area contributed by atoms with Gasteiger partial charge in [0.05, 0.1) is 16.4 Å². The Bertz CT molecular complexity index is 3380. The first-order valence-electron chi connectivity index (χ1n) is 19.1. The molecule has 11 aromatic rings. The lowest BCUT2D eigenvalue weighted by Crippen LogP contribution is -2.26. The highest BCUT2D eigenvalue weighted by atomic mass is 16.3. The second kappa shape index (κ2) is 10.5. The quantitative estimate of drug-likeness (QED) is 0.176. The first-order valence-corrected chi connectivity index (χ1v) is 19.1. The zero-order valence-electron chi connectivity index (χ0n) is 29.8. The van der Waals surface area contributed by atoms with Gasteiger partial charge in [-0.3, -0.25) is 0 Å². The second-order valence-electron chi connectivity index (χ2n) is 15.1. The highest BCUT2D eigenvalue weighted by Crippen LogP contribution is 2.66. The summed E-state index contributed by atoms with van der Waals surface area (Å²) >= 11 is 0. The van der Waals surface area contributed by atoms with Crippen LogP contribution in [0.1, 0.15) is 22.3 Å². The second-order valence-corrected chi connectivity index (χ2v) is 15.1. The predicted molar refractivity (Wildman–Crippen MR) is 227 cm³/mol. The lowest BCUT2D eigenvalue weighted by molar-refractivity contribution is 0.669. The summed E-state index contributed by atoms with van der Waals surface area (Å²) in [4.78, 5) is 0.